The highest BCUT2D eigenvalue weighted by atomic mass is 35.5. The van der Waals surface area contributed by atoms with Crippen LogP contribution in [0, 0.1) is 12.8 Å². The molecule has 0 unspecified atom stereocenters. The summed E-state index contributed by atoms with van der Waals surface area (Å²) < 4.78 is 33.0. The van der Waals surface area contributed by atoms with E-state index in [0.29, 0.717) is 86.5 Å². The number of hydrogen-bond acceptors (Lipinski definition) is 10. The van der Waals surface area contributed by atoms with E-state index in [-0.39, 0.29) is 36.7 Å². The number of benzene rings is 2. The van der Waals surface area contributed by atoms with E-state index in [2.05, 4.69) is 30.8 Å². The molecule has 282 valence electrons. The van der Waals surface area contributed by atoms with Crippen LogP contribution in [0.1, 0.15) is 41.8 Å². The zero-order chi connectivity index (χ0) is 37.9. The number of amides is 1. The van der Waals surface area contributed by atoms with Crippen LogP contribution in [0.25, 0.3) is 32.6 Å². The number of carboxylic acids is 1. The first-order valence-corrected chi connectivity index (χ1v) is 19.1. The van der Waals surface area contributed by atoms with Crippen LogP contribution in [-0.4, -0.2) is 69.1 Å². The van der Waals surface area contributed by atoms with Crippen LogP contribution in [0.15, 0.2) is 54.7 Å². The SMILES string of the molecule is Cc1cc(-c2cccc(-c3cccc(Nc4nccc5sc(CN6CC[C@@H](CC(=O)O)C6)nc45)c3Cl)c2Cl)nc(OC(F)F)c1CNC[C@@H]1CCC(=O)N1. The van der Waals surface area contributed by atoms with Crippen LogP contribution in [0.2, 0.25) is 10.0 Å². The molecule has 2 atom stereocenters. The fourth-order valence-electron chi connectivity index (χ4n) is 7.03. The van der Waals surface area contributed by atoms with Crippen molar-refractivity contribution in [2.45, 2.75) is 58.3 Å². The summed E-state index contributed by atoms with van der Waals surface area (Å²) in [5.41, 5.74) is 4.54. The maximum absolute atomic E-state index is 13.6. The van der Waals surface area contributed by atoms with Gasteiger partial charge >= 0.3 is 12.6 Å². The topological polar surface area (TPSA) is 142 Å². The molecule has 11 nitrogen and oxygen atoms in total. The highest BCUT2D eigenvalue weighted by molar-refractivity contribution is 7.18. The molecular weight excluding hydrogens is 759 g/mol. The molecule has 7 rings (SSSR count). The first-order valence-electron chi connectivity index (χ1n) is 17.5. The van der Waals surface area contributed by atoms with Gasteiger partial charge in [-0.25, -0.2) is 15.0 Å². The Labute approximate surface area is 324 Å². The number of pyridine rings is 2. The van der Waals surface area contributed by atoms with Gasteiger partial charge in [-0.15, -0.1) is 11.3 Å². The lowest BCUT2D eigenvalue weighted by atomic mass is 9.99. The van der Waals surface area contributed by atoms with E-state index < -0.39 is 12.6 Å². The van der Waals surface area contributed by atoms with Gasteiger partial charge in [0.05, 0.1) is 32.7 Å². The van der Waals surface area contributed by atoms with Crippen LogP contribution < -0.4 is 20.7 Å². The van der Waals surface area contributed by atoms with Crippen molar-refractivity contribution in [3.05, 3.63) is 80.9 Å². The van der Waals surface area contributed by atoms with E-state index in [4.69, 9.17) is 32.9 Å². The second-order valence-electron chi connectivity index (χ2n) is 13.5. The molecule has 2 aliphatic heterocycles. The summed E-state index contributed by atoms with van der Waals surface area (Å²) in [6, 6.07) is 14.6. The number of alkyl halides is 2. The zero-order valence-electron chi connectivity index (χ0n) is 29.2. The standard InChI is InChI=1S/C38H37Cl2F2N7O4S/c1-20-14-28(47-37(53-38(41)42)26(20)17-43-16-22-8-9-30(50)45-22)25-6-2-4-23(33(25)39)24-5-3-7-27(34(24)40)46-36-35-29(10-12-44-36)54-31(48-35)19-49-13-11-21(18-49)15-32(51)52/h2-7,10,12,14,21-22,38,43H,8-9,11,13,15-19H2,1H3,(H,44,46)(H,45,50)(H,51,52)/t21-,22-/m0/s1. The molecule has 5 aromatic rings. The van der Waals surface area contributed by atoms with E-state index in [1.165, 1.54) is 0 Å². The average molecular weight is 797 g/mol. The summed E-state index contributed by atoms with van der Waals surface area (Å²) in [5.74, 6) is -0.299. The molecule has 0 aliphatic carbocycles. The van der Waals surface area contributed by atoms with Crippen molar-refractivity contribution in [1.29, 1.82) is 0 Å². The third kappa shape index (κ3) is 8.58. The Kier molecular flexibility index (Phi) is 11.6. The number of ether oxygens (including phenoxy) is 1. The number of carbonyl (C=O) groups is 2. The van der Waals surface area contributed by atoms with Gasteiger partial charge < -0.3 is 25.8 Å². The van der Waals surface area contributed by atoms with Crippen molar-refractivity contribution in [3.63, 3.8) is 0 Å². The quantitative estimate of drug-likeness (QED) is 0.0873. The molecule has 2 fully saturated rings. The van der Waals surface area contributed by atoms with Crippen molar-refractivity contribution >= 4 is 68.1 Å². The van der Waals surface area contributed by atoms with Crippen LogP contribution in [0.4, 0.5) is 20.3 Å². The zero-order valence-corrected chi connectivity index (χ0v) is 31.5. The number of nitrogens with zero attached hydrogens (tertiary/aromatic N) is 4. The van der Waals surface area contributed by atoms with Crippen molar-refractivity contribution in [1.82, 2.24) is 30.5 Å². The molecule has 0 radical (unpaired) electrons. The third-order valence-corrected chi connectivity index (χ3v) is 11.5. The molecule has 5 heterocycles. The monoisotopic (exact) mass is 795 g/mol. The van der Waals surface area contributed by atoms with Gasteiger partial charge in [0.15, 0.2) is 5.82 Å². The van der Waals surface area contributed by atoms with Crippen LogP contribution >= 0.6 is 34.5 Å². The molecule has 16 heteroatoms. The van der Waals surface area contributed by atoms with Crippen molar-refractivity contribution in [2.75, 3.05) is 25.0 Å². The minimum absolute atomic E-state index is 0.00155. The number of fused-ring (bicyclic) bond motifs is 1. The van der Waals surface area contributed by atoms with Crippen molar-refractivity contribution in [2.24, 2.45) is 5.92 Å². The molecule has 2 saturated heterocycles. The number of likely N-dealkylation sites (tertiary alicyclic amines) is 1. The van der Waals surface area contributed by atoms with Crippen molar-refractivity contribution in [3.8, 4) is 28.3 Å². The Bertz CT molecular complexity index is 2210. The smallest absolute Gasteiger partial charge is 0.388 e. The van der Waals surface area contributed by atoms with E-state index in [1.807, 2.05) is 30.3 Å². The maximum Gasteiger partial charge on any atom is 0.388 e. The molecule has 1 amide bonds. The molecule has 2 aliphatic rings. The largest absolute Gasteiger partial charge is 0.481 e. The van der Waals surface area contributed by atoms with Gasteiger partial charge in [-0.2, -0.15) is 8.78 Å². The summed E-state index contributed by atoms with van der Waals surface area (Å²) in [5, 5.41) is 20.3. The Morgan fingerprint density at radius 1 is 1.11 bits per heavy atom. The highest BCUT2D eigenvalue weighted by Gasteiger charge is 2.26. The molecule has 3 aromatic heterocycles. The van der Waals surface area contributed by atoms with Crippen LogP contribution in [0.5, 0.6) is 5.88 Å². The normalized spacial score (nSPS) is 17.4. The van der Waals surface area contributed by atoms with Gasteiger partial charge in [-0.3, -0.25) is 14.5 Å². The first-order chi connectivity index (χ1) is 26.0. The average Bonchev–Trinajstić information content (AvgIpc) is 3.86. The fourth-order valence-corrected chi connectivity index (χ4v) is 8.64. The molecule has 4 N–H and O–H groups in total. The lowest BCUT2D eigenvalue weighted by Crippen LogP contribution is -2.35. The number of thiazole rings is 1. The maximum atomic E-state index is 13.6. The van der Waals surface area contributed by atoms with Gasteiger partial charge in [0.25, 0.3) is 0 Å². The first kappa shape index (κ1) is 37.8. The lowest BCUT2D eigenvalue weighted by Gasteiger charge is -2.18. The van der Waals surface area contributed by atoms with E-state index >= 15 is 0 Å². The number of aliphatic carboxylic acids is 1. The van der Waals surface area contributed by atoms with Crippen LogP contribution in [-0.2, 0) is 22.7 Å². The number of rotatable bonds is 14. The Hall–Kier alpha value is -4.47. The van der Waals surface area contributed by atoms with Crippen molar-refractivity contribution < 1.29 is 28.2 Å². The number of carbonyl (C=O) groups excluding carboxylic acids is 1. The molecular formula is C38H37Cl2F2N7O4S. The summed E-state index contributed by atoms with van der Waals surface area (Å²) in [4.78, 5) is 38.9. The minimum Gasteiger partial charge on any atom is -0.481 e. The number of nitrogens with one attached hydrogen (secondary N) is 3. The number of halogens is 4. The second kappa shape index (κ2) is 16.5. The van der Waals surface area contributed by atoms with E-state index in [1.54, 1.807) is 42.7 Å². The number of hydrogen-bond donors (Lipinski definition) is 4. The fraction of sp³-hybridized carbons (Fsp3) is 0.342. The number of aryl methyl sites for hydroxylation is 1. The summed E-state index contributed by atoms with van der Waals surface area (Å²) in [6.07, 6.45) is 3.91. The van der Waals surface area contributed by atoms with Crippen LogP contribution in [0.3, 0.4) is 0 Å². The van der Waals surface area contributed by atoms with Gasteiger partial charge in [0, 0.05) is 67.0 Å². The molecule has 0 saturated carbocycles. The number of anilines is 2. The van der Waals surface area contributed by atoms with Gasteiger partial charge in [-0.1, -0.05) is 53.5 Å². The van der Waals surface area contributed by atoms with Gasteiger partial charge in [0.2, 0.25) is 11.8 Å². The van der Waals surface area contributed by atoms with E-state index in [9.17, 15) is 23.5 Å². The molecule has 0 bridgehead atoms. The Balaban J connectivity index is 1.12. The number of aromatic nitrogens is 3. The number of carboxylic acid groups (broad SMARTS) is 1. The lowest BCUT2D eigenvalue weighted by molar-refractivity contribution is -0.138. The van der Waals surface area contributed by atoms with Gasteiger partial charge in [0.1, 0.15) is 10.5 Å². The second-order valence-corrected chi connectivity index (χ2v) is 15.4. The molecule has 2 aromatic carbocycles. The predicted octanol–water partition coefficient (Wildman–Crippen LogP) is 8.05. The molecule has 0 spiro atoms. The minimum atomic E-state index is -3.09. The van der Waals surface area contributed by atoms with E-state index in [0.717, 1.165) is 29.2 Å². The summed E-state index contributed by atoms with van der Waals surface area (Å²) in [6.45, 7) is 1.59. The predicted molar refractivity (Wildman–Crippen MR) is 206 cm³/mol. The Morgan fingerprint density at radius 2 is 1.89 bits per heavy atom. The highest BCUT2D eigenvalue weighted by Crippen LogP contribution is 2.43. The van der Waals surface area contributed by atoms with Gasteiger partial charge in [-0.05, 0) is 56.0 Å². The third-order valence-electron chi connectivity index (χ3n) is 9.65. The molecule has 54 heavy (non-hydrogen) atoms. The summed E-state index contributed by atoms with van der Waals surface area (Å²) >= 11 is 15.7. The Morgan fingerprint density at radius 3 is 2.65 bits per heavy atom. The summed E-state index contributed by atoms with van der Waals surface area (Å²) in [7, 11) is 0.